The van der Waals surface area contributed by atoms with E-state index in [9.17, 15) is 4.79 Å². The Kier molecular flexibility index (Phi) is 5.82. The van der Waals surface area contributed by atoms with E-state index >= 15 is 0 Å². The number of benzene rings is 1. The summed E-state index contributed by atoms with van der Waals surface area (Å²) in [5, 5.41) is 3.82. The Morgan fingerprint density at radius 2 is 2.17 bits per heavy atom. The van der Waals surface area contributed by atoms with Gasteiger partial charge in [-0.25, -0.2) is 0 Å². The van der Waals surface area contributed by atoms with Crippen molar-refractivity contribution in [2.24, 2.45) is 0 Å². The lowest BCUT2D eigenvalue weighted by Gasteiger charge is -2.09. The molecule has 1 N–H and O–H groups in total. The zero-order chi connectivity index (χ0) is 12.8. The maximum absolute atomic E-state index is 11.9. The third-order valence-corrected chi connectivity index (χ3v) is 5.18. The van der Waals surface area contributed by atoms with Gasteiger partial charge in [-0.2, -0.15) is 11.8 Å². The van der Waals surface area contributed by atoms with Gasteiger partial charge in [0.2, 0.25) is 0 Å². The average Bonchev–Trinajstić information content (AvgIpc) is 2.87. The molecule has 1 saturated carbocycles. The van der Waals surface area contributed by atoms with E-state index in [0.717, 1.165) is 26.7 Å². The molecule has 18 heavy (non-hydrogen) atoms. The summed E-state index contributed by atoms with van der Waals surface area (Å²) in [4.78, 5) is 11.9. The van der Waals surface area contributed by atoms with Gasteiger partial charge in [-0.3, -0.25) is 4.79 Å². The molecule has 98 valence electrons. The molecule has 0 aromatic heterocycles. The molecule has 0 bridgehead atoms. The number of rotatable bonds is 5. The Hall–Kier alpha value is -0.230. The molecule has 1 aliphatic rings. The minimum absolute atomic E-state index is 0.0422. The minimum Gasteiger partial charge on any atom is -0.351 e. The maximum atomic E-state index is 11.9. The van der Waals surface area contributed by atoms with Gasteiger partial charge >= 0.3 is 0 Å². The topological polar surface area (TPSA) is 29.1 Å². The van der Waals surface area contributed by atoms with E-state index in [-0.39, 0.29) is 5.91 Å². The van der Waals surface area contributed by atoms with E-state index in [1.807, 2.05) is 36.0 Å². The summed E-state index contributed by atoms with van der Waals surface area (Å²) in [5.74, 6) is 1.07. The van der Waals surface area contributed by atoms with Crippen molar-refractivity contribution in [2.75, 3.05) is 12.3 Å². The number of carbonyl (C=O) groups is 1. The molecule has 0 unspecified atom stereocenters. The van der Waals surface area contributed by atoms with E-state index in [1.54, 1.807) is 0 Å². The number of hydrogen-bond acceptors (Lipinski definition) is 2. The summed E-state index contributed by atoms with van der Waals surface area (Å²) in [7, 11) is 0. The van der Waals surface area contributed by atoms with Crippen molar-refractivity contribution >= 4 is 40.3 Å². The van der Waals surface area contributed by atoms with Crippen LogP contribution in [-0.4, -0.2) is 23.5 Å². The molecule has 1 aromatic carbocycles. The lowest BCUT2D eigenvalue weighted by molar-refractivity contribution is 0.0956. The van der Waals surface area contributed by atoms with Crippen LogP contribution in [0.25, 0.3) is 0 Å². The predicted molar refractivity (Wildman–Crippen MR) is 86.2 cm³/mol. The largest absolute Gasteiger partial charge is 0.351 e. The third-order valence-electron chi connectivity index (χ3n) is 3.13. The molecule has 1 amide bonds. The van der Waals surface area contributed by atoms with E-state index in [2.05, 4.69) is 27.9 Å². The van der Waals surface area contributed by atoms with Crippen molar-refractivity contribution in [3.8, 4) is 0 Å². The van der Waals surface area contributed by atoms with E-state index in [0.29, 0.717) is 0 Å². The number of thioether (sulfide) groups is 1. The van der Waals surface area contributed by atoms with Gasteiger partial charge in [0, 0.05) is 26.7 Å². The zero-order valence-electron chi connectivity index (χ0n) is 10.3. The molecule has 4 heteroatoms. The first-order chi connectivity index (χ1) is 8.75. The summed E-state index contributed by atoms with van der Waals surface area (Å²) < 4.78 is 1.10. The summed E-state index contributed by atoms with van der Waals surface area (Å²) in [5.41, 5.74) is 0.757. The summed E-state index contributed by atoms with van der Waals surface area (Å²) in [6.07, 6.45) is 5.48. The van der Waals surface area contributed by atoms with Gasteiger partial charge in [-0.15, -0.1) is 0 Å². The second-order valence-corrected chi connectivity index (χ2v) is 7.20. The molecule has 1 aromatic rings. The van der Waals surface area contributed by atoms with E-state index < -0.39 is 0 Å². The molecule has 0 atom stereocenters. The number of halogens is 1. The van der Waals surface area contributed by atoms with Gasteiger partial charge in [-0.1, -0.05) is 18.9 Å². The quantitative estimate of drug-likeness (QED) is 0.628. The highest BCUT2D eigenvalue weighted by atomic mass is 127. The molecule has 0 radical (unpaired) electrons. The van der Waals surface area contributed by atoms with E-state index in [4.69, 9.17) is 0 Å². The van der Waals surface area contributed by atoms with Crippen molar-refractivity contribution in [2.45, 2.75) is 30.9 Å². The predicted octanol–water partition coefficient (Wildman–Crippen LogP) is 3.70. The van der Waals surface area contributed by atoms with Crippen LogP contribution in [0.4, 0.5) is 0 Å². The normalized spacial score (nSPS) is 15.8. The van der Waals surface area contributed by atoms with Crippen LogP contribution in [0, 0.1) is 3.57 Å². The van der Waals surface area contributed by atoms with Crippen LogP contribution in [0.15, 0.2) is 24.3 Å². The van der Waals surface area contributed by atoms with Crippen LogP contribution in [-0.2, 0) is 0 Å². The summed E-state index contributed by atoms with van der Waals surface area (Å²) in [6, 6.07) is 7.69. The molecule has 1 fully saturated rings. The second kappa shape index (κ2) is 7.38. The Bertz CT molecular complexity index is 405. The lowest BCUT2D eigenvalue weighted by Crippen LogP contribution is -2.26. The van der Waals surface area contributed by atoms with Crippen LogP contribution in [0.5, 0.6) is 0 Å². The van der Waals surface area contributed by atoms with Gasteiger partial charge in [-0.05, 0) is 53.6 Å². The minimum atomic E-state index is 0.0422. The average molecular weight is 375 g/mol. The van der Waals surface area contributed by atoms with Crippen LogP contribution in [0.2, 0.25) is 0 Å². The monoisotopic (exact) mass is 375 g/mol. The zero-order valence-corrected chi connectivity index (χ0v) is 13.3. The number of amides is 1. The molecule has 2 rings (SSSR count). The van der Waals surface area contributed by atoms with Gasteiger partial charge in [0.15, 0.2) is 0 Å². The van der Waals surface area contributed by atoms with Crippen molar-refractivity contribution in [3.05, 3.63) is 33.4 Å². The van der Waals surface area contributed by atoms with Crippen LogP contribution >= 0.6 is 34.4 Å². The Balaban J connectivity index is 1.68. The van der Waals surface area contributed by atoms with Crippen molar-refractivity contribution in [1.29, 1.82) is 0 Å². The molecule has 0 spiro atoms. The highest BCUT2D eigenvalue weighted by Gasteiger charge is 2.14. The van der Waals surface area contributed by atoms with Crippen molar-refractivity contribution < 1.29 is 4.79 Å². The molecular formula is C14H18INOS. The van der Waals surface area contributed by atoms with E-state index in [1.165, 1.54) is 25.7 Å². The molecule has 0 saturated heterocycles. The number of carbonyl (C=O) groups excluding carboxylic acids is 1. The third kappa shape index (κ3) is 4.46. The summed E-state index contributed by atoms with van der Waals surface area (Å²) >= 11 is 4.23. The number of nitrogens with one attached hydrogen (secondary N) is 1. The maximum Gasteiger partial charge on any atom is 0.251 e. The van der Waals surface area contributed by atoms with Gasteiger partial charge in [0.1, 0.15) is 0 Å². The van der Waals surface area contributed by atoms with Crippen molar-refractivity contribution in [1.82, 2.24) is 5.32 Å². The Morgan fingerprint density at radius 1 is 1.39 bits per heavy atom. The fourth-order valence-corrected chi connectivity index (χ4v) is 3.94. The van der Waals surface area contributed by atoms with Crippen molar-refractivity contribution in [3.63, 3.8) is 0 Å². The lowest BCUT2D eigenvalue weighted by atomic mass is 10.2. The highest BCUT2D eigenvalue weighted by Crippen LogP contribution is 2.28. The summed E-state index contributed by atoms with van der Waals surface area (Å²) in [6.45, 7) is 0.769. The Morgan fingerprint density at radius 3 is 2.89 bits per heavy atom. The first-order valence-corrected chi connectivity index (χ1v) is 8.54. The van der Waals surface area contributed by atoms with Gasteiger partial charge < -0.3 is 5.32 Å². The molecule has 1 aliphatic carbocycles. The SMILES string of the molecule is O=C(NCCSC1CCCC1)c1cccc(I)c1. The van der Waals surface area contributed by atoms with Gasteiger partial charge in [0.25, 0.3) is 5.91 Å². The fraction of sp³-hybridized carbons (Fsp3) is 0.500. The number of hydrogen-bond donors (Lipinski definition) is 1. The van der Waals surface area contributed by atoms with Crippen LogP contribution < -0.4 is 5.32 Å². The van der Waals surface area contributed by atoms with Gasteiger partial charge in [0.05, 0.1) is 0 Å². The fourth-order valence-electron chi connectivity index (χ4n) is 2.18. The highest BCUT2D eigenvalue weighted by molar-refractivity contribution is 14.1. The Labute approximate surface area is 126 Å². The molecule has 0 aliphatic heterocycles. The molecular weight excluding hydrogens is 357 g/mol. The van der Waals surface area contributed by atoms with Crippen LogP contribution in [0.3, 0.4) is 0 Å². The first-order valence-electron chi connectivity index (χ1n) is 6.41. The first kappa shape index (κ1) is 14.2. The van der Waals surface area contributed by atoms with Crippen LogP contribution in [0.1, 0.15) is 36.0 Å². The molecule has 0 heterocycles. The smallest absolute Gasteiger partial charge is 0.251 e. The second-order valence-electron chi connectivity index (χ2n) is 4.54. The molecule has 2 nitrogen and oxygen atoms in total. The standard InChI is InChI=1S/C14H18INOS/c15-12-5-3-4-11(10-12)14(17)16-8-9-18-13-6-1-2-7-13/h3-5,10,13H,1-2,6-9H2,(H,16,17).